The molecule has 1 N–H and O–H groups in total. The lowest BCUT2D eigenvalue weighted by molar-refractivity contribution is -0.158. The van der Waals surface area contributed by atoms with Crippen LogP contribution in [0.3, 0.4) is 0 Å². The first-order valence-corrected chi connectivity index (χ1v) is 12.2. The highest BCUT2D eigenvalue weighted by molar-refractivity contribution is 7.13. The Morgan fingerprint density at radius 1 is 1.26 bits per heavy atom. The van der Waals surface area contributed by atoms with Gasteiger partial charge >= 0.3 is 0 Å². The van der Waals surface area contributed by atoms with E-state index in [-0.39, 0.29) is 18.9 Å². The molecule has 4 atom stereocenters. The standard InChI is InChI=1S/C22H20ClN5O5S/c1-8-7-34-20(24-8)16-15-18(33-27-16)14(23)17-11(25-15)5-22(12(29)4-13(30)26-21(22)31)19-10(3)32-9(2)6-28(17)19/h7,9-10,19H,4-6H2,1-3H3,(H,26,30,31)/t9-,10+,19-,22?/m1/s1. The van der Waals surface area contributed by atoms with E-state index in [1.807, 2.05) is 31.1 Å². The average Bonchev–Trinajstić information content (AvgIpc) is 3.37. The second kappa shape index (κ2) is 7.30. The Kier molecular flexibility index (Phi) is 4.65. The molecule has 3 aliphatic rings. The minimum absolute atomic E-state index is 0.0132. The van der Waals surface area contributed by atoms with Gasteiger partial charge in [-0.05, 0) is 20.8 Å². The number of rotatable bonds is 1. The Morgan fingerprint density at radius 3 is 2.76 bits per heavy atom. The van der Waals surface area contributed by atoms with Crippen molar-refractivity contribution in [1.82, 2.24) is 20.4 Å². The van der Waals surface area contributed by atoms with Crippen LogP contribution < -0.4 is 10.2 Å². The molecule has 2 amide bonds. The Bertz CT molecular complexity index is 1380. The van der Waals surface area contributed by atoms with E-state index in [0.717, 1.165) is 5.69 Å². The van der Waals surface area contributed by atoms with Crippen LogP contribution in [0.15, 0.2) is 9.90 Å². The molecule has 0 saturated carbocycles. The summed E-state index contributed by atoms with van der Waals surface area (Å²) >= 11 is 8.30. The van der Waals surface area contributed by atoms with Gasteiger partial charge in [-0.2, -0.15) is 0 Å². The topological polar surface area (TPSA) is 128 Å². The summed E-state index contributed by atoms with van der Waals surface area (Å²) in [4.78, 5) is 50.0. The van der Waals surface area contributed by atoms with Crippen molar-refractivity contribution in [2.24, 2.45) is 5.41 Å². The van der Waals surface area contributed by atoms with Crippen LogP contribution in [0.5, 0.6) is 0 Å². The largest absolute Gasteiger partial charge is 0.372 e. The van der Waals surface area contributed by atoms with Crippen LogP contribution in [-0.2, 0) is 25.5 Å². The fourth-order valence-electron chi connectivity index (χ4n) is 5.56. The zero-order valence-electron chi connectivity index (χ0n) is 18.5. The van der Waals surface area contributed by atoms with Crippen molar-refractivity contribution in [1.29, 1.82) is 0 Å². The zero-order chi connectivity index (χ0) is 23.9. The third-order valence-electron chi connectivity index (χ3n) is 6.81. The van der Waals surface area contributed by atoms with Crippen molar-refractivity contribution in [3.05, 3.63) is 21.8 Å². The van der Waals surface area contributed by atoms with Crippen LogP contribution in [0.1, 0.15) is 31.7 Å². The molecule has 1 spiro atoms. The molecule has 6 heterocycles. The van der Waals surface area contributed by atoms with Gasteiger partial charge in [-0.15, -0.1) is 11.3 Å². The number of amides is 2. The smallest absolute Gasteiger partial charge is 0.242 e. The number of imide groups is 1. The molecule has 0 radical (unpaired) electrons. The summed E-state index contributed by atoms with van der Waals surface area (Å²) in [6.45, 7) is 6.01. The second-order valence-electron chi connectivity index (χ2n) is 9.10. The molecule has 0 aliphatic carbocycles. The summed E-state index contributed by atoms with van der Waals surface area (Å²) in [5, 5.41) is 9.40. The fraction of sp³-hybridized carbons (Fsp3) is 0.455. The number of hydrogen-bond acceptors (Lipinski definition) is 10. The average molecular weight is 502 g/mol. The normalized spacial score (nSPS) is 28.9. The highest BCUT2D eigenvalue weighted by Gasteiger charge is 2.63. The molecule has 3 aromatic heterocycles. The molecule has 1 unspecified atom stereocenters. The van der Waals surface area contributed by atoms with Crippen LogP contribution >= 0.6 is 22.9 Å². The van der Waals surface area contributed by atoms with Gasteiger partial charge in [0.1, 0.15) is 21.0 Å². The molecule has 0 aromatic carbocycles. The number of ketones is 1. The molecule has 0 bridgehead atoms. The van der Waals surface area contributed by atoms with E-state index in [1.165, 1.54) is 11.3 Å². The number of halogens is 1. The molecule has 10 nitrogen and oxygen atoms in total. The lowest BCUT2D eigenvalue weighted by atomic mass is 9.64. The number of fused-ring (bicyclic) bond motifs is 5. The number of aromatic nitrogens is 3. The predicted octanol–water partition coefficient (Wildman–Crippen LogP) is 2.45. The van der Waals surface area contributed by atoms with Crippen molar-refractivity contribution < 1.29 is 23.6 Å². The highest BCUT2D eigenvalue weighted by atomic mass is 35.5. The van der Waals surface area contributed by atoms with Crippen molar-refractivity contribution in [3.63, 3.8) is 0 Å². The molecule has 3 aromatic rings. The van der Waals surface area contributed by atoms with Gasteiger partial charge in [0.05, 0.1) is 36.1 Å². The number of carbonyl (C=O) groups is 3. The van der Waals surface area contributed by atoms with Crippen LogP contribution in [0.4, 0.5) is 5.69 Å². The van der Waals surface area contributed by atoms with E-state index in [4.69, 9.17) is 25.8 Å². The number of nitrogens with one attached hydrogen (secondary N) is 1. The number of ether oxygens (including phenoxy) is 1. The first-order valence-electron chi connectivity index (χ1n) is 10.9. The molecule has 176 valence electrons. The summed E-state index contributed by atoms with van der Waals surface area (Å²) in [6, 6.07) is -0.655. The Hall–Kier alpha value is -2.89. The number of Topliss-reactive ketones (excluding diaryl/α,β-unsaturated/α-hetero) is 1. The number of carbonyl (C=O) groups excluding carboxylic acids is 3. The first-order chi connectivity index (χ1) is 16.2. The van der Waals surface area contributed by atoms with Crippen molar-refractivity contribution in [2.75, 3.05) is 11.4 Å². The van der Waals surface area contributed by atoms with Gasteiger partial charge in [0.2, 0.25) is 17.4 Å². The molecule has 2 saturated heterocycles. The van der Waals surface area contributed by atoms with Crippen molar-refractivity contribution in [2.45, 2.75) is 51.9 Å². The summed E-state index contributed by atoms with van der Waals surface area (Å²) in [5.41, 5.74) is 1.58. The number of morpholine rings is 1. The monoisotopic (exact) mass is 501 g/mol. The second-order valence-corrected chi connectivity index (χ2v) is 10.3. The number of nitrogens with zero attached hydrogens (tertiary/aromatic N) is 4. The molecule has 6 rings (SSSR count). The van der Waals surface area contributed by atoms with Crippen LogP contribution in [0.2, 0.25) is 5.02 Å². The van der Waals surface area contributed by atoms with Gasteiger partial charge < -0.3 is 14.2 Å². The fourth-order valence-corrected chi connectivity index (χ4v) is 6.68. The molecule has 3 aliphatic heterocycles. The predicted molar refractivity (Wildman–Crippen MR) is 123 cm³/mol. The van der Waals surface area contributed by atoms with E-state index >= 15 is 0 Å². The number of aryl methyl sites for hydroxylation is 1. The van der Waals surface area contributed by atoms with Gasteiger partial charge in [0, 0.05) is 24.0 Å². The number of anilines is 1. The maximum atomic E-state index is 13.4. The van der Waals surface area contributed by atoms with Gasteiger partial charge in [0.15, 0.2) is 11.5 Å². The van der Waals surface area contributed by atoms with E-state index in [2.05, 4.69) is 15.5 Å². The quantitative estimate of drug-likeness (QED) is 0.395. The maximum Gasteiger partial charge on any atom is 0.242 e. The highest BCUT2D eigenvalue weighted by Crippen LogP contribution is 2.51. The van der Waals surface area contributed by atoms with Crippen LogP contribution in [0, 0.1) is 12.3 Å². The Morgan fingerprint density at radius 2 is 2.06 bits per heavy atom. The van der Waals surface area contributed by atoms with Gasteiger partial charge in [-0.1, -0.05) is 16.8 Å². The minimum atomic E-state index is -1.53. The molecular formula is C22H20ClN5O5S. The maximum absolute atomic E-state index is 13.4. The number of hydrogen-bond donors (Lipinski definition) is 1. The Balaban J connectivity index is 1.60. The molecule has 34 heavy (non-hydrogen) atoms. The lowest BCUT2D eigenvalue weighted by Gasteiger charge is -2.55. The first kappa shape index (κ1) is 21.6. The summed E-state index contributed by atoms with van der Waals surface area (Å²) in [7, 11) is 0. The third kappa shape index (κ3) is 2.83. The van der Waals surface area contributed by atoms with Crippen LogP contribution in [-0.4, -0.2) is 57.5 Å². The van der Waals surface area contributed by atoms with Gasteiger partial charge in [0.25, 0.3) is 0 Å². The molecule has 12 heteroatoms. The summed E-state index contributed by atoms with van der Waals surface area (Å²) < 4.78 is 11.7. The van der Waals surface area contributed by atoms with Crippen molar-refractivity contribution >= 4 is 57.3 Å². The lowest BCUT2D eigenvalue weighted by Crippen LogP contribution is -2.72. The minimum Gasteiger partial charge on any atom is -0.372 e. The number of pyridine rings is 1. The SMILES string of the molecule is Cc1csc(-c2noc3c(Cl)c4c(nc23)CC2(C(=O)CC(=O)NC2=O)[C@H]2[C@H](C)O[C@H](C)CN42)n1. The van der Waals surface area contributed by atoms with Gasteiger partial charge in [-0.3, -0.25) is 19.7 Å². The summed E-state index contributed by atoms with van der Waals surface area (Å²) in [6.07, 6.45) is -1.05. The van der Waals surface area contributed by atoms with Crippen LogP contribution in [0.25, 0.3) is 21.8 Å². The number of piperidine rings is 1. The Labute approximate surface area is 202 Å². The van der Waals surface area contributed by atoms with Crippen molar-refractivity contribution in [3.8, 4) is 10.7 Å². The number of thiazole rings is 1. The molecule has 2 fully saturated rings. The third-order valence-corrected chi connectivity index (χ3v) is 8.13. The summed E-state index contributed by atoms with van der Waals surface area (Å²) in [5.74, 6) is -1.66. The zero-order valence-corrected chi connectivity index (χ0v) is 20.1. The molecular weight excluding hydrogens is 482 g/mol. The van der Waals surface area contributed by atoms with E-state index in [9.17, 15) is 14.4 Å². The van der Waals surface area contributed by atoms with E-state index in [0.29, 0.717) is 44.7 Å². The van der Waals surface area contributed by atoms with E-state index < -0.39 is 35.2 Å². The van der Waals surface area contributed by atoms with Gasteiger partial charge in [-0.25, -0.2) is 9.97 Å². The van der Waals surface area contributed by atoms with E-state index in [1.54, 1.807) is 0 Å².